The Kier molecular flexibility index (Phi) is 6.43. The molecule has 1 atom stereocenters. The third-order valence-electron chi connectivity index (χ3n) is 5.24. The largest absolute Gasteiger partial charge is 0.440 e. The Balaban J connectivity index is 1.46. The zero-order chi connectivity index (χ0) is 22.3. The van der Waals surface area contributed by atoms with Crippen LogP contribution in [0.3, 0.4) is 0 Å². The summed E-state index contributed by atoms with van der Waals surface area (Å²) in [6.45, 7) is 1.92. The van der Waals surface area contributed by atoms with Crippen LogP contribution in [0.4, 0.5) is 0 Å². The van der Waals surface area contributed by atoms with Crippen molar-refractivity contribution in [3.05, 3.63) is 102 Å². The number of aromatic nitrogens is 1. The molecule has 0 saturated heterocycles. The molecule has 0 fully saturated rings. The Morgan fingerprint density at radius 1 is 0.969 bits per heavy atom. The lowest BCUT2D eigenvalue weighted by Crippen LogP contribution is -2.26. The Morgan fingerprint density at radius 3 is 2.22 bits per heavy atom. The van der Waals surface area contributed by atoms with E-state index >= 15 is 0 Å². The summed E-state index contributed by atoms with van der Waals surface area (Å²) in [5, 5.41) is 11.9. The summed E-state index contributed by atoms with van der Waals surface area (Å²) in [4.78, 5) is 17.2. The number of carbonyl (C=O) groups is 1. The first-order chi connectivity index (χ1) is 15.6. The van der Waals surface area contributed by atoms with Gasteiger partial charge in [0.15, 0.2) is 11.7 Å². The molecule has 0 aliphatic carbocycles. The second kappa shape index (κ2) is 9.76. The number of oxazole rings is 1. The fraction of sp³-hybridized carbons (Fsp3) is 0.148. The maximum Gasteiger partial charge on any atom is 0.220 e. The molecular formula is C27H23N3O2. The second-order valence-electron chi connectivity index (χ2n) is 7.54. The van der Waals surface area contributed by atoms with Crippen LogP contribution in [-0.2, 0) is 11.2 Å². The molecule has 0 bridgehead atoms. The van der Waals surface area contributed by atoms with E-state index in [-0.39, 0.29) is 18.4 Å². The zero-order valence-corrected chi connectivity index (χ0v) is 17.8. The Bertz CT molecular complexity index is 1170. The van der Waals surface area contributed by atoms with E-state index in [1.807, 2.05) is 79.7 Å². The van der Waals surface area contributed by atoms with Gasteiger partial charge in [0.2, 0.25) is 5.91 Å². The van der Waals surface area contributed by atoms with Gasteiger partial charge in [-0.2, -0.15) is 5.26 Å². The van der Waals surface area contributed by atoms with Crippen LogP contribution >= 0.6 is 0 Å². The lowest BCUT2D eigenvalue weighted by Gasteiger charge is -2.14. The van der Waals surface area contributed by atoms with Gasteiger partial charge in [-0.25, -0.2) is 4.98 Å². The first-order valence-electron chi connectivity index (χ1n) is 10.5. The third kappa shape index (κ3) is 4.93. The molecule has 4 aromatic rings. The molecule has 158 valence electrons. The number of nitrogens with zero attached hydrogens (tertiary/aromatic N) is 2. The molecule has 3 aromatic carbocycles. The minimum Gasteiger partial charge on any atom is -0.440 e. The number of nitrogens with one attached hydrogen (secondary N) is 1. The van der Waals surface area contributed by atoms with Gasteiger partial charge in [0.1, 0.15) is 5.69 Å². The van der Waals surface area contributed by atoms with E-state index in [9.17, 15) is 4.79 Å². The summed E-state index contributed by atoms with van der Waals surface area (Å²) in [6, 6.07) is 28.9. The number of nitriles is 1. The molecule has 0 saturated carbocycles. The minimum atomic E-state index is -0.153. The maximum atomic E-state index is 12.5. The SMILES string of the molecule is CC(NC(=O)CCc1nc(-c2ccccc2)c(-c2ccccc2)o1)c1ccc(C#N)cc1. The van der Waals surface area contributed by atoms with E-state index in [0.29, 0.717) is 23.6 Å². The van der Waals surface area contributed by atoms with Gasteiger partial charge in [-0.3, -0.25) is 4.79 Å². The van der Waals surface area contributed by atoms with Crippen LogP contribution in [0.1, 0.15) is 36.4 Å². The van der Waals surface area contributed by atoms with Crippen molar-refractivity contribution < 1.29 is 9.21 Å². The predicted octanol–water partition coefficient (Wildman–Crippen LogP) is 5.69. The van der Waals surface area contributed by atoms with Crippen molar-refractivity contribution in [1.29, 1.82) is 5.26 Å². The number of hydrogen-bond donors (Lipinski definition) is 1. The molecule has 4 rings (SSSR count). The fourth-order valence-corrected chi connectivity index (χ4v) is 3.51. The lowest BCUT2D eigenvalue weighted by molar-refractivity contribution is -0.121. The summed E-state index contributed by atoms with van der Waals surface area (Å²) in [6.07, 6.45) is 0.669. The topological polar surface area (TPSA) is 78.9 Å². The molecule has 1 heterocycles. The van der Waals surface area contributed by atoms with E-state index in [4.69, 9.17) is 14.7 Å². The molecule has 1 N–H and O–H groups in total. The average Bonchev–Trinajstić information content (AvgIpc) is 3.28. The molecule has 32 heavy (non-hydrogen) atoms. The summed E-state index contributed by atoms with van der Waals surface area (Å²) < 4.78 is 6.10. The molecule has 0 spiro atoms. The van der Waals surface area contributed by atoms with Crippen LogP contribution in [0.25, 0.3) is 22.6 Å². The number of amides is 1. The van der Waals surface area contributed by atoms with E-state index in [1.165, 1.54) is 0 Å². The number of benzene rings is 3. The highest BCUT2D eigenvalue weighted by atomic mass is 16.4. The van der Waals surface area contributed by atoms with E-state index in [2.05, 4.69) is 11.4 Å². The van der Waals surface area contributed by atoms with E-state index < -0.39 is 0 Å². The monoisotopic (exact) mass is 421 g/mol. The Hall–Kier alpha value is -4.17. The molecule has 1 amide bonds. The highest BCUT2D eigenvalue weighted by Gasteiger charge is 2.18. The van der Waals surface area contributed by atoms with Gasteiger partial charge in [-0.15, -0.1) is 0 Å². The smallest absolute Gasteiger partial charge is 0.220 e. The molecule has 0 aliphatic heterocycles. The van der Waals surface area contributed by atoms with Crippen molar-refractivity contribution in [3.63, 3.8) is 0 Å². The van der Waals surface area contributed by atoms with Crippen LogP contribution in [0, 0.1) is 11.3 Å². The minimum absolute atomic E-state index is 0.0809. The highest BCUT2D eigenvalue weighted by Crippen LogP contribution is 2.32. The summed E-state index contributed by atoms with van der Waals surface area (Å²) in [5.74, 6) is 1.16. The highest BCUT2D eigenvalue weighted by molar-refractivity contribution is 5.78. The van der Waals surface area contributed by atoms with E-state index in [1.54, 1.807) is 12.1 Å². The van der Waals surface area contributed by atoms with Gasteiger partial charge in [-0.05, 0) is 24.6 Å². The van der Waals surface area contributed by atoms with Gasteiger partial charge in [0.25, 0.3) is 0 Å². The first kappa shape index (κ1) is 21.1. The number of rotatable bonds is 7. The third-order valence-corrected chi connectivity index (χ3v) is 5.24. The molecular weight excluding hydrogens is 398 g/mol. The fourth-order valence-electron chi connectivity index (χ4n) is 3.51. The van der Waals surface area contributed by atoms with Crippen LogP contribution in [0.2, 0.25) is 0 Å². The standard InChI is InChI=1S/C27H23N3O2/c1-19(21-14-12-20(18-28)13-15-21)29-24(31)16-17-25-30-26(22-8-4-2-5-9-22)27(32-25)23-10-6-3-7-11-23/h2-15,19H,16-17H2,1H3,(H,29,31). The molecule has 1 unspecified atom stereocenters. The Morgan fingerprint density at radius 2 is 1.59 bits per heavy atom. The number of carbonyl (C=O) groups excluding carboxylic acids is 1. The predicted molar refractivity (Wildman–Crippen MR) is 123 cm³/mol. The van der Waals surface area contributed by atoms with E-state index in [0.717, 1.165) is 22.4 Å². The second-order valence-corrected chi connectivity index (χ2v) is 7.54. The van der Waals surface area contributed by atoms with Gasteiger partial charge >= 0.3 is 0 Å². The van der Waals surface area contributed by atoms with Crippen molar-refractivity contribution >= 4 is 5.91 Å². The zero-order valence-electron chi connectivity index (χ0n) is 17.8. The van der Waals surface area contributed by atoms with Crippen LogP contribution in [-0.4, -0.2) is 10.9 Å². The number of hydrogen-bond acceptors (Lipinski definition) is 4. The average molecular weight is 422 g/mol. The van der Waals surface area contributed by atoms with Crippen molar-refractivity contribution in [1.82, 2.24) is 10.3 Å². The number of aryl methyl sites for hydroxylation is 1. The van der Waals surface area contributed by atoms with Crippen molar-refractivity contribution in [2.24, 2.45) is 0 Å². The maximum absolute atomic E-state index is 12.5. The van der Waals surface area contributed by atoms with Crippen molar-refractivity contribution in [2.75, 3.05) is 0 Å². The van der Waals surface area contributed by atoms with Gasteiger partial charge in [-0.1, -0.05) is 72.8 Å². The molecule has 0 radical (unpaired) electrons. The first-order valence-corrected chi connectivity index (χ1v) is 10.5. The molecule has 0 aliphatic rings. The Labute approximate surface area is 187 Å². The quantitative estimate of drug-likeness (QED) is 0.416. The van der Waals surface area contributed by atoms with Crippen molar-refractivity contribution in [3.8, 4) is 28.7 Å². The van der Waals surface area contributed by atoms with Gasteiger partial charge in [0, 0.05) is 24.0 Å². The summed E-state index contributed by atoms with van der Waals surface area (Å²) in [5.41, 5.74) is 4.24. The summed E-state index contributed by atoms with van der Waals surface area (Å²) >= 11 is 0. The lowest BCUT2D eigenvalue weighted by atomic mass is 10.1. The summed E-state index contributed by atoms with van der Waals surface area (Å²) in [7, 11) is 0. The van der Waals surface area contributed by atoms with Crippen LogP contribution in [0.15, 0.2) is 89.3 Å². The van der Waals surface area contributed by atoms with Crippen molar-refractivity contribution in [2.45, 2.75) is 25.8 Å². The van der Waals surface area contributed by atoms with Gasteiger partial charge in [0.05, 0.1) is 17.7 Å². The van der Waals surface area contributed by atoms with Gasteiger partial charge < -0.3 is 9.73 Å². The van der Waals surface area contributed by atoms with Crippen LogP contribution < -0.4 is 5.32 Å². The molecule has 5 heteroatoms. The van der Waals surface area contributed by atoms with Crippen LogP contribution in [0.5, 0.6) is 0 Å². The molecule has 5 nitrogen and oxygen atoms in total. The molecule has 1 aromatic heterocycles. The normalized spacial score (nSPS) is 11.5.